The molecule has 1 fully saturated rings. The van der Waals surface area contributed by atoms with Crippen LogP contribution in [0.15, 0.2) is 0 Å². The van der Waals surface area contributed by atoms with Crippen LogP contribution in [0.2, 0.25) is 0 Å². The van der Waals surface area contributed by atoms with Gasteiger partial charge in [0.25, 0.3) is 0 Å². The van der Waals surface area contributed by atoms with E-state index >= 15 is 0 Å². The molecule has 5 nitrogen and oxygen atoms in total. The van der Waals surface area contributed by atoms with Gasteiger partial charge in [-0.3, -0.25) is 14.4 Å². The molecule has 1 saturated carbocycles. The lowest BCUT2D eigenvalue weighted by molar-refractivity contribution is -0.178. The lowest BCUT2D eigenvalue weighted by atomic mass is 9.72. The van der Waals surface area contributed by atoms with Gasteiger partial charge in [0.1, 0.15) is 17.0 Å². The predicted octanol–water partition coefficient (Wildman–Crippen LogP) is 8.07. The lowest BCUT2D eigenvalue weighted by Gasteiger charge is -2.37. The van der Waals surface area contributed by atoms with Gasteiger partial charge in [-0.15, -0.1) is 0 Å². The van der Waals surface area contributed by atoms with E-state index in [-0.39, 0.29) is 24.1 Å². The fraction of sp³-hybridized carbons (Fsp3) is 0.903. The molecule has 1 aliphatic rings. The molecule has 210 valence electrons. The van der Waals surface area contributed by atoms with E-state index in [2.05, 4.69) is 27.7 Å². The summed E-state index contributed by atoms with van der Waals surface area (Å²) in [4.78, 5) is 38.2. The first kappa shape index (κ1) is 32.6. The number of Topliss-reactive ketones (excluding diaryl/α,β-unsaturated/α-hetero) is 1. The van der Waals surface area contributed by atoms with E-state index < -0.39 is 23.0 Å². The van der Waals surface area contributed by atoms with Crippen LogP contribution >= 0.6 is 0 Å². The van der Waals surface area contributed by atoms with Crippen LogP contribution in [0, 0.1) is 29.6 Å². The van der Waals surface area contributed by atoms with Crippen LogP contribution < -0.4 is 0 Å². The molecule has 0 aromatic carbocycles. The maximum Gasteiger partial charge on any atom is 0.310 e. The largest absolute Gasteiger partial charge is 0.459 e. The van der Waals surface area contributed by atoms with E-state index in [1.54, 1.807) is 13.8 Å². The third-order valence-corrected chi connectivity index (χ3v) is 7.63. The normalized spacial score (nSPS) is 21.8. The Labute approximate surface area is 221 Å². The summed E-state index contributed by atoms with van der Waals surface area (Å²) in [6.07, 6.45) is 11.5. The molecule has 0 aromatic heterocycles. The Balaban J connectivity index is 2.82. The third kappa shape index (κ3) is 12.7. The molecular formula is C31H56O5. The highest BCUT2D eigenvalue weighted by Crippen LogP contribution is 2.40. The zero-order valence-corrected chi connectivity index (χ0v) is 24.9. The van der Waals surface area contributed by atoms with Crippen LogP contribution in [0.5, 0.6) is 0 Å². The number of ketones is 1. The number of ether oxygens (including phenoxy) is 2. The molecule has 0 radical (unpaired) electrons. The molecule has 0 heterocycles. The van der Waals surface area contributed by atoms with Crippen molar-refractivity contribution in [3.63, 3.8) is 0 Å². The van der Waals surface area contributed by atoms with Crippen LogP contribution in [-0.2, 0) is 23.9 Å². The highest BCUT2D eigenvalue weighted by molar-refractivity contribution is 5.83. The van der Waals surface area contributed by atoms with Crippen LogP contribution in [0.3, 0.4) is 0 Å². The van der Waals surface area contributed by atoms with Crippen molar-refractivity contribution in [2.24, 2.45) is 29.6 Å². The molecule has 5 heteroatoms. The molecule has 4 atom stereocenters. The Bertz CT molecular complexity index is 693. The molecular weight excluding hydrogens is 452 g/mol. The van der Waals surface area contributed by atoms with Crippen LogP contribution in [0.4, 0.5) is 0 Å². The van der Waals surface area contributed by atoms with Crippen LogP contribution in [0.1, 0.15) is 139 Å². The number of hydrogen-bond donors (Lipinski definition) is 0. The maximum atomic E-state index is 13.4. The summed E-state index contributed by atoms with van der Waals surface area (Å²) in [6.45, 7) is 17.9. The van der Waals surface area contributed by atoms with Crippen molar-refractivity contribution in [1.29, 1.82) is 0 Å². The second-order valence-electron chi connectivity index (χ2n) is 13.2. The zero-order chi connectivity index (χ0) is 27.5. The topological polar surface area (TPSA) is 69.7 Å². The van der Waals surface area contributed by atoms with Gasteiger partial charge in [0.15, 0.2) is 0 Å². The number of carbonyl (C=O) groups excluding carboxylic acids is 3. The lowest BCUT2D eigenvalue weighted by Crippen LogP contribution is -2.43. The first-order chi connectivity index (χ1) is 16.7. The van der Waals surface area contributed by atoms with E-state index in [0.717, 1.165) is 43.9 Å². The van der Waals surface area contributed by atoms with Gasteiger partial charge in [0.2, 0.25) is 0 Å². The van der Waals surface area contributed by atoms with Gasteiger partial charge < -0.3 is 9.47 Å². The quantitative estimate of drug-likeness (QED) is 0.197. The maximum absolute atomic E-state index is 13.4. The highest BCUT2D eigenvalue weighted by atomic mass is 16.6. The molecule has 0 bridgehead atoms. The minimum absolute atomic E-state index is 0.0193. The van der Waals surface area contributed by atoms with Crippen molar-refractivity contribution in [2.75, 3.05) is 0 Å². The van der Waals surface area contributed by atoms with Crippen molar-refractivity contribution in [3.8, 4) is 0 Å². The summed E-state index contributed by atoms with van der Waals surface area (Å²) < 4.78 is 11.7. The molecule has 0 spiro atoms. The molecule has 1 aliphatic carbocycles. The smallest absolute Gasteiger partial charge is 0.310 e. The molecule has 0 saturated heterocycles. The van der Waals surface area contributed by atoms with E-state index in [9.17, 15) is 14.4 Å². The molecule has 36 heavy (non-hydrogen) atoms. The van der Waals surface area contributed by atoms with Crippen molar-refractivity contribution >= 4 is 17.7 Å². The fourth-order valence-corrected chi connectivity index (χ4v) is 5.82. The van der Waals surface area contributed by atoms with Crippen molar-refractivity contribution < 1.29 is 23.9 Å². The van der Waals surface area contributed by atoms with Crippen LogP contribution in [0.25, 0.3) is 0 Å². The van der Waals surface area contributed by atoms with Crippen molar-refractivity contribution in [3.05, 3.63) is 0 Å². The molecule has 4 unspecified atom stereocenters. The summed E-state index contributed by atoms with van der Waals surface area (Å²) in [5.74, 6) is 0.257. The predicted molar refractivity (Wildman–Crippen MR) is 147 cm³/mol. The first-order valence-electron chi connectivity index (χ1n) is 14.6. The van der Waals surface area contributed by atoms with Crippen molar-refractivity contribution in [2.45, 2.75) is 151 Å². The standard InChI is InChI=1S/C31H56O5/c1-10-19-30(6,7)35-28(33)26-18-17-25(16-12-15-23(4)14-11-13-22(2)3)20-27(26)29(34)36-31(8,9)21-24(5)32/h22-23,25-27H,10-21H2,1-9H3. The average molecular weight is 509 g/mol. The minimum Gasteiger partial charge on any atom is -0.459 e. The van der Waals surface area contributed by atoms with Gasteiger partial charge in [-0.25, -0.2) is 0 Å². The fourth-order valence-electron chi connectivity index (χ4n) is 5.82. The average Bonchev–Trinajstić information content (AvgIpc) is 2.71. The minimum atomic E-state index is -0.878. The van der Waals surface area contributed by atoms with Gasteiger partial charge in [-0.1, -0.05) is 72.6 Å². The number of rotatable bonds is 16. The second-order valence-corrected chi connectivity index (χ2v) is 13.2. The van der Waals surface area contributed by atoms with E-state index in [1.165, 1.54) is 32.6 Å². The Morgan fingerprint density at radius 3 is 2.00 bits per heavy atom. The Morgan fingerprint density at radius 1 is 0.833 bits per heavy atom. The second kappa shape index (κ2) is 15.1. The number of esters is 2. The zero-order valence-electron chi connectivity index (χ0n) is 24.9. The molecule has 0 N–H and O–H groups in total. The summed E-state index contributed by atoms with van der Waals surface area (Å²) in [5, 5.41) is 0. The van der Waals surface area contributed by atoms with E-state index in [4.69, 9.17) is 9.47 Å². The van der Waals surface area contributed by atoms with Crippen molar-refractivity contribution in [1.82, 2.24) is 0 Å². The van der Waals surface area contributed by atoms with Crippen LogP contribution in [-0.4, -0.2) is 28.9 Å². The Kier molecular flexibility index (Phi) is 13.7. The molecule has 1 rings (SSSR count). The first-order valence-corrected chi connectivity index (χ1v) is 14.6. The Hall–Kier alpha value is -1.39. The number of carbonyl (C=O) groups is 3. The van der Waals surface area contributed by atoms with Gasteiger partial charge in [-0.05, 0) is 78.1 Å². The highest BCUT2D eigenvalue weighted by Gasteiger charge is 2.43. The van der Waals surface area contributed by atoms with Gasteiger partial charge in [-0.2, -0.15) is 0 Å². The summed E-state index contributed by atoms with van der Waals surface area (Å²) in [7, 11) is 0. The van der Waals surface area contributed by atoms with Gasteiger partial charge >= 0.3 is 11.9 Å². The van der Waals surface area contributed by atoms with E-state index in [0.29, 0.717) is 18.8 Å². The molecule has 0 aliphatic heterocycles. The third-order valence-electron chi connectivity index (χ3n) is 7.63. The van der Waals surface area contributed by atoms with Gasteiger partial charge in [0.05, 0.1) is 11.8 Å². The SMILES string of the molecule is CCCC(C)(C)OC(=O)C1CCC(CCCC(C)CCCC(C)C)CC1C(=O)OC(C)(C)CC(C)=O. The Morgan fingerprint density at radius 2 is 1.42 bits per heavy atom. The summed E-state index contributed by atoms with van der Waals surface area (Å²) in [5.41, 5.74) is -1.42. The summed E-state index contributed by atoms with van der Waals surface area (Å²) in [6, 6.07) is 0. The van der Waals surface area contributed by atoms with Gasteiger partial charge in [0, 0.05) is 6.42 Å². The van der Waals surface area contributed by atoms with E-state index in [1.807, 2.05) is 13.8 Å². The monoisotopic (exact) mass is 508 g/mol. The molecule has 0 aromatic rings. The molecule has 0 amide bonds. The summed E-state index contributed by atoms with van der Waals surface area (Å²) >= 11 is 0. The number of hydrogen-bond acceptors (Lipinski definition) is 5.